The summed E-state index contributed by atoms with van der Waals surface area (Å²) < 4.78 is 11.0. The van der Waals surface area contributed by atoms with Crippen molar-refractivity contribution in [2.45, 2.75) is 40.8 Å². The van der Waals surface area contributed by atoms with E-state index in [-0.39, 0.29) is 0 Å². The lowest BCUT2D eigenvalue weighted by Gasteiger charge is -2.23. The Balaban J connectivity index is 1.94. The maximum Gasteiger partial charge on any atom is 0.128 e. The van der Waals surface area contributed by atoms with Gasteiger partial charge in [0.05, 0.1) is 25.6 Å². The van der Waals surface area contributed by atoms with Crippen LogP contribution in [-0.2, 0) is 13.1 Å². The van der Waals surface area contributed by atoms with Crippen molar-refractivity contribution < 1.29 is 9.47 Å². The van der Waals surface area contributed by atoms with Gasteiger partial charge in [-0.1, -0.05) is 0 Å². The summed E-state index contributed by atoms with van der Waals surface area (Å²) in [5.41, 5.74) is 6.51. The van der Waals surface area contributed by atoms with Crippen molar-refractivity contribution in [3.05, 3.63) is 46.0 Å². The fraction of sp³-hybridized carbons (Fsp3) is 0.545. The fourth-order valence-corrected chi connectivity index (χ4v) is 3.47. The van der Waals surface area contributed by atoms with Gasteiger partial charge in [0.25, 0.3) is 0 Å². The molecule has 0 aliphatic heterocycles. The highest BCUT2D eigenvalue weighted by Gasteiger charge is 2.14. The summed E-state index contributed by atoms with van der Waals surface area (Å²) in [7, 11) is 7.68. The molecule has 2 rings (SSSR count). The zero-order valence-electron chi connectivity index (χ0n) is 18.6. The van der Waals surface area contributed by atoms with E-state index in [0.29, 0.717) is 0 Å². The molecule has 2 aromatic heterocycles. The molecule has 0 N–H and O–H groups in total. The second kappa shape index (κ2) is 9.85. The Kier molecular flexibility index (Phi) is 7.78. The van der Waals surface area contributed by atoms with Crippen LogP contribution in [0.4, 0.5) is 0 Å². The lowest BCUT2D eigenvalue weighted by Crippen LogP contribution is -2.31. The van der Waals surface area contributed by atoms with Crippen molar-refractivity contribution in [2.75, 3.05) is 41.4 Å². The molecule has 0 aliphatic carbocycles. The van der Waals surface area contributed by atoms with E-state index < -0.39 is 0 Å². The Hall–Kier alpha value is -2.18. The van der Waals surface area contributed by atoms with Gasteiger partial charge >= 0.3 is 0 Å². The molecule has 0 bridgehead atoms. The number of hydrogen-bond acceptors (Lipinski definition) is 6. The first-order chi connectivity index (χ1) is 13.3. The average Bonchev–Trinajstić information content (AvgIpc) is 2.65. The molecule has 0 saturated carbocycles. The highest BCUT2D eigenvalue weighted by molar-refractivity contribution is 5.41. The number of methoxy groups -OCH3 is 2. The first-order valence-electron chi connectivity index (χ1n) is 9.63. The molecule has 2 heterocycles. The predicted molar refractivity (Wildman–Crippen MR) is 113 cm³/mol. The van der Waals surface area contributed by atoms with Crippen LogP contribution in [0.1, 0.15) is 33.6 Å². The molecular formula is C22H34N4O2. The van der Waals surface area contributed by atoms with Gasteiger partial charge in [0.15, 0.2) is 0 Å². The quantitative estimate of drug-likeness (QED) is 0.659. The van der Waals surface area contributed by atoms with Crippen LogP contribution >= 0.6 is 0 Å². The van der Waals surface area contributed by atoms with Gasteiger partial charge in [-0.05, 0) is 41.8 Å². The number of likely N-dealkylation sites (N-methyl/N-ethyl adjacent to an activating group) is 2. The summed E-state index contributed by atoms with van der Waals surface area (Å²) >= 11 is 0. The third kappa shape index (κ3) is 5.20. The van der Waals surface area contributed by atoms with Gasteiger partial charge in [-0.2, -0.15) is 0 Å². The molecule has 0 radical (unpaired) electrons. The smallest absolute Gasteiger partial charge is 0.128 e. The van der Waals surface area contributed by atoms with E-state index in [0.717, 1.165) is 71.3 Å². The summed E-state index contributed by atoms with van der Waals surface area (Å²) in [5, 5.41) is 0. The van der Waals surface area contributed by atoms with Crippen LogP contribution in [0.25, 0.3) is 0 Å². The van der Waals surface area contributed by atoms with Crippen LogP contribution in [0.3, 0.4) is 0 Å². The first kappa shape index (κ1) is 22.1. The summed E-state index contributed by atoms with van der Waals surface area (Å²) in [5.74, 6) is 1.87. The number of rotatable bonds is 9. The fourth-order valence-electron chi connectivity index (χ4n) is 3.47. The number of nitrogens with zero attached hydrogens (tertiary/aromatic N) is 4. The van der Waals surface area contributed by atoms with Gasteiger partial charge in [-0.15, -0.1) is 0 Å². The van der Waals surface area contributed by atoms with E-state index in [4.69, 9.17) is 9.47 Å². The minimum atomic E-state index is 0.798. The highest BCUT2D eigenvalue weighted by atomic mass is 16.5. The molecule has 0 aliphatic rings. The molecule has 6 heteroatoms. The molecule has 154 valence electrons. The Morgan fingerprint density at radius 1 is 0.714 bits per heavy atom. The zero-order chi connectivity index (χ0) is 20.8. The molecule has 0 aromatic carbocycles. The normalized spacial score (nSPS) is 11.4. The lowest BCUT2D eigenvalue weighted by atomic mass is 10.1. The molecule has 0 unspecified atom stereocenters. The molecule has 0 atom stereocenters. The minimum Gasteiger partial charge on any atom is -0.496 e. The van der Waals surface area contributed by atoms with Crippen molar-refractivity contribution in [2.24, 2.45) is 0 Å². The Labute approximate surface area is 169 Å². The van der Waals surface area contributed by atoms with Gasteiger partial charge in [-0.25, -0.2) is 0 Å². The van der Waals surface area contributed by atoms with Crippen LogP contribution in [-0.4, -0.2) is 61.2 Å². The zero-order valence-corrected chi connectivity index (χ0v) is 18.6. The molecule has 2 aromatic rings. The van der Waals surface area contributed by atoms with Gasteiger partial charge in [-0.3, -0.25) is 19.8 Å². The number of hydrogen-bond donors (Lipinski definition) is 0. The second-order valence-corrected chi connectivity index (χ2v) is 7.57. The first-order valence-corrected chi connectivity index (χ1v) is 9.63. The molecule has 28 heavy (non-hydrogen) atoms. The third-order valence-electron chi connectivity index (χ3n) is 5.20. The molecule has 0 amide bonds. The summed E-state index contributed by atoms with van der Waals surface area (Å²) in [6.07, 6.45) is 3.78. The van der Waals surface area contributed by atoms with Crippen LogP contribution in [0.2, 0.25) is 0 Å². The van der Waals surface area contributed by atoms with Crippen LogP contribution in [0.5, 0.6) is 11.5 Å². The standard InChI is InChI=1S/C22H34N4O2/c1-15-11-23-19(17(3)21(15)27-7)13-25(5)9-10-26(6)14-20-18(4)22(28-8)16(2)12-24-20/h11-12H,9-10,13-14H2,1-8H3. The van der Waals surface area contributed by atoms with E-state index in [1.165, 1.54) is 0 Å². The molecule has 0 saturated heterocycles. The van der Waals surface area contributed by atoms with Crippen molar-refractivity contribution >= 4 is 0 Å². The van der Waals surface area contributed by atoms with Crippen molar-refractivity contribution in [3.63, 3.8) is 0 Å². The van der Waals surface area contributed by atoms with E-state index in [2.05, 4.69) is 47.7 Å². The van der Waals surface area contributed by atoms with E-state index in [1.807, 2.05) is 26.2 Å². The molecular weight excluding hydrogens is 352 g/mol. The van der Waals surface area contributed by atoms with Gasteiger partial charge < -0.3 is 9.47 Å². The lowest BCUT2D eigenvalue weighted by molar-refractivity contribution is 0.243. The van der Waals surface area contributed by atoms with Crippen molar-refractivity contribution in [1.82, 2.24) is 19.8 Å². The summed E-state index contributed by atoms with van der Waals surface area (Å²) in [6.45, 7) is 11.7. The number of aryl methyl sites for hydroxylation is 2. The van der Waals surface area contributed by atoms with Gasteiger partial charge in [0.2, 0.25) is 0 Å². The second-order valence-electron chi connectivity index (χ2n) is 7.57. The summed E-state index contributed by atoms with van der Waals surface area (Å²) in [4.78, 5) is 13.8. The maximum absolute atomic E-state index is 5.52. The van der Waals surface area contributed by atoms with Crippen LogP contribution < -0.4 is 9.47 Å². The predicted octanol–water partition coefficient (Wildman–Crippen LogP) is 3.29. The SMILES string of the molecule is COc1c(C)cnc(CN(C)CCN(C)Cc2ncc(C)c(OC)c2C)c1C. The molecule has 0 spiro atoms. The topological polar surface area (TPSA) is 50.7 Å². The largest absolute Gasteiger partial charge is 0.496 e. The average molecular weight is 387 g/mol. The third-order valence-corrected chi connectivity index (χ3v) is 5.20. The van der Waals surface area contributed by atoms with Crippen molar-refractivity contribution in [3.8, 4) is 11.5 Å². The highest BCUT2D eigenvalue weighted by Crippen LogP contribution is 2.25. The molecule has 6 nitrogen and oxygen atoms in total. The number of ether oxygens (including phenoxy) is 2. The van der Waals surface area contributed by atoms with E-state index in [9.17, 15) is 0 Å². The Morgan fingerprint density at radius 3 is 1.39 bits per heavy atom. The van der Waals surface area contributed by atoms with Crippen LogP contribution in [0.15, 0.2) is 12.4 Å². The maximum atomic E-state index is 5.52. The number of pyridine rings is 2. The van der Waals surface area contributed by atoms with Crippen LogP contribution in [0, 0.1) is 27.7 Å². The van der Waals surface area contributed by atoms with Crippen molar-refractivity contribution in [1.29, 1.82) is 0 Å². The molecule has 0 fully saturated rings. The minimum absolute atomic E-state index is 0.798. The Bertz CT molecular complexity index is 740. The van der Waals surface area contributed by atoms with E-state index in [1.54, 1.807) is 14.2 Å². The van der Waals surface area contributed by atoms with Gasteiger partial charge in [0, 0.05) is 60.8 Å². The van der Waals surface area contributed by atoms with E-state index >= 15 is 0 Å². The summed E-state index contributed by atoms with van der Waals surface area (Å²) in [6, 6.07) is 0. The van der Waals surface area contributed by atoms with Gasteiger partial charge in [0.1, 0.15) is 11.5 Å². The number of aromatic nitrogens is 2. The Morgan fingerprint density at radius 2 is 1.07 bits per heavy atom. The monoisotopic (exact) mass is 386 g/mol.